The molecule has 0 spiro atoms. The van der Waals surface area contributed by atoms with Crippen LogP contribution in [0.4, 0.5) is 0 Å². The van der Waals surface area contributed by atoms with Crippen LogP contribution in [0.5, 0.6) is 0 Å². The zero-order chi connectivity index (χ0) is 16.1. The van der Waals surface area contributed by atoms with Gasteiger partial charge in [-0.3, -0.25) is 9.59 Å². The van der Waals surface area contributed by atoms with Crippen LogP contribution in [0.3, 0.4) is 0 Å². The Morgan fingerprint density at radius 2 is 2.09 bits per heavy atom. The van der Waals surface area contributed by atoms with Crippen LogP contribution < -0.4 is 5.56 Å². The number of aryl methyl sites for hydroxylation is 1. The molecular formula is C16H19N5O2. The van der Waals surface area contributed by atoms with Gasteiger partial charge in [0.2, 0.25) is 5.56 Å². The number of aromatic nitrogens is 4. The van der Waals surface area contributed by atoms with Crippen molar-refractivity contribution in [3.8, 4) is 0 Å². The van der Waals surface area contributed by atoms with Gasteiger partial charge in [-0.1, -0.05) is 0 Å². The molecule has 0 aromatic carbocycles. The standard InChI is InChI=1S/C16H19N5O2/c1-9-7-12(8-13(22)17-9)16(23)20-5-6-21-15(10(20)2)18-14(19-21)11-3-4-11/h7-8,10-11H,3-6H2,1-2H3,(H,17,22)/t10-/m1/s1. The second kappa shape index (κ2) is 5.04. The van der Waals surface area contributed by atoms with Crippen molar-refractivity contribution in [2.24, 2.45) is 0 Å². The van der Waals surface area contributed by atoms with Gasteiger partial charge in [0, 0.05) is 29.8 Å². The average molecular weight is 313 g/mol. The monoisotopic (exact) mass is 313 g/mol. The van der Waals surface area contributed by atoms with Gasteiger partial charge in [0.15, 0.2) is 5.82 Å². The predicted molar refractivity (Wildman–Crippen MR) is 83.2 cm³/mol. The lowest BCUT2D eigenvalue weighted by atomic mass is 10.1. The minimum atomic E-state index is -0.253. The summed E-state index contributed by atoms with van der Waals surface area (Å²) in [7, 11) is 0. The number of nitrogens with one attached hydrogen (secondary N) is 1. The lowest BCUT2D eigenvalue weighted by Gasteiger charge is -2.33. The third-order valence-corrected chi connectivity index (χ3v) is 4.54. The molecule has 23 heavy (non-hydrogen) atoms. The van der Waals surface area contributed by atoms with Crippen molar-refractivity contribution in [3.05, 3.63) is 45.4 Å². The number of rotatable bonds is 2. The Bertz CT molecular complexity index is 833. The molecule has 4 rings (SSSR count). The molecule has 7 nitrogen and oxygen atoms in total. The summed E-state index contributed by atoms with van der Waals surface area (Å²) >= 11 is 0. The number of carbonyl (C=O) groups is 1. The SMILES string of the molecule is Cc1cc(C(=O)N2CCn3nc(C4CC4)nc3[C@H]2C)cc(=O)[nH]1. The van der Waals surface area contributed by atoms with Crippen molar-refractivity contribution in [1.82, 2.24) is 24.6 Å². The Hall–Kier alpha value is -2.44. The van der Waals surface area contributed by atoms with Gasteiger partial charge in [-0.15, -0.1) is 0 Å². The number of hydrogen-bond acceptors (Lipinski definition) is 4. The molecule has 2 aliphatic rings. The highest BCUT2D eigenvalue weighted by molar-refractivity contribution is 5.94. The summed E-state index contributed by atoms with van der Waals surface area (Å²) in [6.07, 6.45) is 2.32. The molecule has 1 aliphatic carbocycles. The van der Waals surface area contributed by atoms with E-state index in [1.807, 2.05) is 11.6 Å². The third kappa shape index (κ3) is 2.46. The van der Waals surface area contributed by atoms with Gasteiger partial charge < -0.3 is 9.88 Å². The maximum Gasteiger partial charge on any atom is 0.254 e. The molecule has 1 N–H and O–H groups in total. The molecule has 7 heteroatoms. The molecule has 1 atom stereocenters. The van der Waals surface area contributed by atoms with E-state index in [4.69, 9.17) is 0 Å². The molecule has 1 saturated carbocycles. The highest BCUT2D eigenvalue weighted by atomic mass is 16.2. The number of H-pyrrole nitrogens is 1. The van der Waals surface area contributed by atoms with Gasteiger partial charge in [0.05, 0.1) is 12.6 Å². The van der Waals surface area contributed by atoms with Crippen LogP contribution in [0, 0.1) is 6.92 Å². The fourth-order valence-electron chi connectivity index (χ4n) is 3.15. The first-order valence-electron chi connectivity index (χ1n) is 7.99. The van der Waals surface area contributed by atoms with Crippen molar-refractivity contribution >= 4 is 5.91 Å². The third-order valence-electron chi connectivity index (χ3n) is 4.54. The highest BCUT2D eigenvalue weighted by Gasteiger charge is 2.34. The number of carbonyl (C=O) groups excluding carboxylic acids is 1. The van der Waals surface area contributed by atoms with Crippen LogP contribution in [0.25, 0.3) is 0 Å². The quantitative estimate of drug-likeness (QED) is 0.907. The van der Waals surface area contributed by atoms with Crippen LogP contribution in [-0.4, -0.2) is 37.1 Å². The van der Waals surface area contributed by atoms with Crippen molar-refractivity contribution < 1.29 is 4.79 Å². The normalized spacial score (nSPS) is 20.4. The van der Waals surface area contributed by atoms with E-state index in [-0.39, 0.29) is 17.5 Å². The van der Waals surface area contributed by atoms with Crippen LogP contribution in [-0.2, 0) is 6.54 Å². The summed E-state index contributed by atoms with van der Waals surface area (Å²) in [6, 6.07) is 2.93. The minimum absolute atomic E-state index is 0.131. The number of amides is 1. The minimum Gasteiger partial charge on any atom is -0.327 e. The fraction of sp³-hybridized carbons (Fsp3) is 0.500. The molecule has 2 aromatic rings. The molecular weight excluding hydrogens is 294 g/mol. The average Bonchev–Trinajstić information content (AvgIpc) is 3.26. The molecule has 1 amide bonds. The molecule has 0 bridgehead atoms. The van der Waals surface area contributed by atoms with E-state index in [2.05, 4.69) is 15.1 Å². The maximum atomic E-state index is 12.8. The Labute approximate surface area is 133 Å². The number of aromatic amines is 1. The molecule has 3 heterocycles. The van der Waals surface area contributed by atoms with Gasteiger partial charge in [0.25, 0.3) is 5.91 Å². The Balaban J connectivity index is 1.64. The largest absolute Gasteiger partial charge is 0.327 e. The van der Waals surface area contributed by atoms with E-state index >= 15 is 0 Å². The molecule has 1 aliphatic heterocycles. The predicted octanol–water partition coefficient (Wildman–Crippen LogP) is 1.37. The lowest BCUT2D eigenvalue weighted by Crippen LogP contribution is -2.41. The van der Waals surface area contributed by atoms with Crippen LogP contribution in [0.2, 0.25) is 0 Å². The first-order valence-corrected chi connectivity index (χ1v) is 7.99. The molecule has 1 fully saturated rings. The summed E-state index contributed by atoms with van der Waals surface area (Å²) in [6.45, 7) is 4.96. The van der Waals surface area contributed by atoms with Crippen molar-refractivity contribution in [2.45, 2.75) is 45.2 Å². The lowest BCUT2D eigenvalue weighted by molar-refractivity contribution is 0.0630. The van der Waals surface area contributed by atoms with Gasteiger partial charge in [-0.2, -0.15) is 5.10 Å². The van der Waals surface area contributed by atoms with E-state index in [1.54, 1.807) is 17.9 Å². The van der Waals surface area contributed by atoms with E-state index in [0.717, 1.165) is 24.5 Å². The summed E-state index contributed by atoms with van der Waals surface area (Å²) in [5.41, 5.74) is 0.857. The molecule has 0 radical (unpaired) electrons. The fourth-order valence-corrected chi connectivity index (χ4v) is 3.15. The summed E-state index contributed by atoms with van der Waals surface area (Å²) in [4.78, 5) is 33.5. The zero-order valence-corrected chi connectivity index (χ0v) is 13.2. The van der Waals surface area contributed by atoms with Gasteiger partial charge in [-0.25, -0.2) is 9.67 Å². The molecule has 0 saturated heterocycles. The van der Waals surface area contributed by atoms with E-state index in [0.29, 0.717) is 30.3 Å². The topological polar surface area (TPSA) is 83.9 Å². The molecule has 2 aromatic heterocycles. The molecule has 120 valence electrons. The smallest absolute Gasteiger partial charge is 0.254 e. The Morgan fingerprint density at radius 1 is 1.30 bits per heavy atom. The van der Waals surface area contributed by atoms with Gasteiger partial charge in [-0.05, 0) is 32.8 Å². The zero-order valence-electron chi connectivity index (χ0n) is 13.2. The first-order chi connectivity index (χ1) is 11.0. The van der Waals surface area contributed by atoms with Crippen LogP contribution >= 0.6 is 0 Å². The van der Waals surface area contributed by atoms with E-state index in [1.165, 1.54) is 6.07 Å². The van der Waals surface area contributed by atoms with E-state index in [9.17, 15) is 9.59 Å². The van der Waals surface area contributed by atoms with Crippen LogP contribution in [0.1, 0.15) is 59.4 Å². The second-order valence-corrected chi connectivity index (χ2v) is 6.42. The van der Waals surface area contributed by atoms with Crippen molar-refractivity contribution in [1.29, 1.82) is 0 Å². The molecule has 0 unspecified atom stereocenters. The number of fused-ring (bicyclic) bond motifs is 1. The summed E-state index contributed by atoms with van der Waals surface area (Å²) in [5, 5.41) is 4.57. The van der Waals surface area contributed by atoms with Gasteiger partial charge in [0.1, 0.15) is 5.82 Å². The van der Waals surface area contributed by atoms with Gasteiger partial charge >= 0.3 is 0 Å². The maximum absolute atomic E-state index is 12.8. The Kier molecular flexibility index (Phi) is 3.11. The van der Waals surface area contributed by atoms with Crippen molar-refractivity contribution in [3.63, 3.8) is 0 Å². The Morgan fingerprint density at radius 3 is 2.78 bits per heavy atom. The second-order valence-electron chi connectivity index (χ2n) is 6.42. The highest BCUT2D eigenvalue weighted by Crippen LogP contribution is 2.39. The first kappa shape index (κ1) is 14.2. The number of nitrogens with zero attached hydrogens (tertiary/aromatic N) is 4. The van der Waals surface area contributed by atoms with Crippen molar-refractivity contribution in [2.75, 3.05) is 6.54 Å². The van der Waals surface area contributed by atoms with Crippen LogP contribution in [0.15, 0.2) is 16.9 Å². The number of hydrogen-bond donors (Lipinski definition) is 1. The summed E-state index contributed by atoms with van der Waals surface area (Å²) in [5.74, 6) is 2.12. The number of pyridine rings is 1. The van der Waals surface area contributed by atoms with E-state index < -0.39 is 0 Å². The summed E-state index contributed by atoms with van der Waals surface area (Å²) < 4.78 is 1.92.